The SMILES string of the molecule is Oc1cc(O)c2cc(O[C@H]3OC[C@H](O)[C@@H](O)[C@H]3O)c(-c3ccc(O)c(O)c3)[o+]c2c1. The lowest BCUT2D eigenvalue weighted by Gasteiger charge is -2.34. The van der Waals surface area contributed by atoms with Crippen molar-refractivity contribution in [1.82, 2.24) is 0 Å². The summed E-state index contributed by atoms with van der Waals surface area (Å²) >= 11 is 0. The summed E-state index contributed by atoms with van der Waals surface area (Å²) in [4.78, 5) is 0. The second-order valence-corrected chi connectivity index (χ2v) is 6.89. The van der Waals surface area contributed by atoms with E-state index in [-0.39, 0.29) is 51.9 Å². The third-order valence-electron chi connectivity index (χ3n) is 4.75. The van der Waals surface area contributed by atoms with Gasteiger partial charge in [-0.15, -0.1) is 0 Å². The molecule has 1 aliphatic rings. The highest BCUT2D eigenvalue weighted by Gasteiger charge is 2.40. The van der Waals surface area contributed by atoms with Crippen LogP contribution in [-0.2, 0) is 4.74 Å². The molecule has 0 unspecified atom stereocenters. The lowest BCUT2D eigenvalue weighted by atomic mass is 10.1. The van der Waals surface area contributed by atoms with E-state index in [0.717, 1.165) is 6.07 Å². The summed E-state index contributed by atoms with van der Waals surface area (Å²) < 4.78 is 16.7. The van der Waals surface area contributed by atoms with Crippen LogP contribution in [0.5, 0.6) is 28.7 Å². The molecular weight excluding hydrogens is 400 g/mol. The Morgan fingerprint density at radius 2 is 1.63 bits per heavy atom. The zero-order valence-electron chi connectivity index (χ0n) is 15.3. The van der Waals surface area contributed by atoms with Crippen molar-refractivity contribution in [2.45, 2.75) is 24.6 Å². The third-order valence-corrected chi connectivity index (χ3v) is 4.75. The first-order valence-electron chi connectivity index (χ1n) is 8.92. The van der Waals surface area contributed by atoms with Gasteiger partial charge in [0.05, 0.1) is 18.2 Å². The average molecular weight is 419 g/mol. The summed E-state index contributed by atoms with van der Waals surface area (Å²) in [6.45, 7) is -0.290. The molecular formula is C20H19O10+. The molecule has 0 saturated carbocycles. The van der Waals surface area contributed by atoms with E-state index < -0.39 is 30.4 Å². The van der Waals surface area contributed by atoms with Crippen molar-refractivity contribution in [3.05, 3.63) is 36.4 Å². The van der Waals surface area contributed by atoms with Crippen LogP contribution in [0.25, 0.3) is 22.3 Å². The second kappa shape index (κ2) is 7.50. The van der Waals surface area contributed by atoms with Crippen molar-refractivity contribution in [2.24, 2.45) is 0 Å². The molecule has 10 heteroatoms. The van der Waals surface area contributed by atoms with E-state index in [2.05, 4.69) is 0 Å². The summed E-state index contributed by atoms with van der Waals surface area (Å²) in [6, 6.07) is 7.56. The van der Waals surface area contributed by atoms with Crippen molar-refractivity contribution in [2.75, 3.05) is 6.61 Å². The van der Waals surface area contributed by atoms with Gasteiger partial charge in [0.1, 0.15) is 35.2 Å². The number of ether oxygens (including phenoxy) is 2. The fraction of sp³-hybridized carbons (Fsp3) is 0.250. The predicted octanol–water partition coefficient (Wildman–Crippen LogP) is 1.02. The molecule has 2 aromatic carbocycles. The maximum atomic E-state index is 10.2. The minimum Gasteiger partial charge on any atom is -0.507 e. The van der Waals surface area contributed by atoms with Crippen LogP contribution < -0.4 is 4.74 Å². The molecule has 0 aliphatic carbocycles. The Labute approximate surface area is 169 Å². The summed E-state index contributed by atoms with van der Waals surface area (Å²) in [5, 5.41) is 69.1. The summed E-state index contributed by atoms with van der Waals surface area (Å²) in [6.07, 6.45) is -5.76. The Hall–Kier alpha value is -3.31. The number of aromatic hydroxyl groups is 4. The Balaban J connectivity index is 1.84. The minimum atomic E-state index is -1.58. The first-order chi connectivity index (χ1) is 14.2. The van der Waals surface area contributed by atoms with Crippen LogP contribution in [0.15, 0.2) is 40.8 Å². The standard InChI is InChI=1S/C20H18O10/c21-9-4-12(23)10-6-16(30-20-18(27)17(26)14(25)7-28-20)19(29-15(10)5-9)8-1-2-11(22)13(24)3-8/h1-6,14,17-18,20,25-27H,7H2,(H3-,21,22,23,24)/p+1/t14-,17+,18+,20+/m0/s1. The number of hydrogen-bond acceptors (Lipinski definition) is 9. The maximum Gasteiger partial charge on any atom is 0.402 e. The molecule has 1 aromatic heterocycles. The number of phenols is 4. The molecule has 10 nitrogen and oxygen atoms in total. The van der Waals surface area contributed by atoms with Gasteiger partial charge in [-0.25, -0.2) is 4.42 Å². The van der Waals surface area contributed by atoms with Crippen LogP contribution in [-0.4, -0.2) is 67.0 Å². The fourth-order valence-electron chi connectivity index (χ4n) is 3.15. The van der Waals surface area contributed by atoms with Gasteiger partial charge in [0.15, 0.2) is 11.5 Å². The van der Waals surface area contributed by atoms with Gasteiger partial charge in [-0.1, -0.05) is 0 Å². The van der Waals surface area contributed by atoms with Crippen LogP contribution in [0, 0.1) is 0 Å². The van der Waals surface area contributed by atoms with Gasteiger partial charge in [-0.05, 0) is 12.1 Å². The number of benzene rings is 2. The van der Waals surface area contributed by atoms with Gasteiger partial charge in [0, 0.05) is 18.2 Å². The van der Waals surface area contributed by atoms with E-state index in [1.165, 1.54) is 30.3 Å². The number of phenolic OH excluding ortho intramolecular Hbond substituents is 4. The van der Waals surface area contributed by atoms with E-state index in [4.69, 9.17) is 13.9 Å². The van der Waals surface area contributed by atoms with Crippen molar-refractivity contribution >= 4 is 11.0 Å². The molecule has 2 heterocycles. The lowest BCUT2D eigenvalue weighted by Crippen LogP contribution is -2.54. The van der Waals surface area contributed by atoms with Crippen LogP contribution >= 0.6 is 0 Å². The minimum absolute atomic E-state index is 0.0132. The smallest absolute Gasteiger partial charge is 0.402 e. The highest BCUT2D eigenvalue weighted by atomic mass is 16.7. The molecule has 1 aliphatic heterocycles. The van der Waals surface area contributed by atoms with Crippen LogP contribution in [0.2, 0.25) is 0 Å². The quantitative estimate of drug-likeness (QED) is 0.240. The summed E-state index contributed by atoms with van der Waals surface area (Å²) in [7, 11) is 0. The third kappa shape index (κ3) is 3.53. The van der Waals surface area contributed by atoms with Gasteiger partial charge in [-0.2, -0.15) is 0 Å². The van der Waals surface area contributed by atoms with E-state index in [1.807, 2.05) is 0 Å². The van der Waals surface area contributed by atoms with Crippen molar-refractivity contribution in [3.8, 4) is 40.1 Å². The monoisotopic (exact) mass is 419 g/mol. The average Bonchev–Trinajstić information content (AvgIpc) is 2.70. The lowest BCUT2D eigenvalue weighted by molar-refractivity contribution is -0.242. The number of aliphatic hydroxyl groups is 3. The van der Waals surface area contributed by atoms with E-state index in [9.17, 15) is 35.7 Å². The Morgan fingerprint density at radius 1 is 0.867 bits per heavy atom. The van der Waals surface area contributed by atoms with Gasteiger partial charge in [0.2, 0.25) is 12.0 Å². The normalized spacial score (nSPS) is 24.1. The van der Waals surface area contributed by atoms with Gasteiger partial charge in [-0.3, -0.25) is 0 Å². The van der Waals surface area contributed by atoms with Crippen LogP contribution in [0.4, 0.5) is 0 Å². The Bertz CT molecular complexity index is 1100. The number of fused-ring (bicyclic) bond motifs is 1. The number of aliphatic hydroxyl groups excluding tert-OH is 3. The van der Waals surface area contributed by atoms with E-state index >= 15 is 0 Å². The van der Waals surface area contributed by atoms with Crippen molar-refractivity contribution < 1.29 is 49.6 Å². The van der Waals surface area contributed by atoms with E-state index in [1.54, 1.807) is 0 Å². The van der Waals surface area contributed by atoms with Gasteiger partial charge >= 0.3 is 11.3 Å². The Morgan fingerprint density at radius 3 is 2.37 bits per heavy atom. The van der Waals surface area contributed by atoms with Crippen molar-refractivity contribution in [1.29, 1.82) is 0 Å². The van der Waals surface area contributed by atoms with Crippen LogP contribution in [0.3, 0.4) is 0 Å². The van der Waals surface area contributed by atoms with Gasteiger partial charge in [0.25, 0.3) is 0 Å². The molecule has 3 aromatic rings. The number of hydrogen-bond donors (Lipinski definition) is 7. The van der Waals surface area contributed by atoms with E-state index in [0.29, 0.717) is 0 Å². The zero-order chi connectivity index (χ0) is 21.6. The molecule has 0 radical (unpaired) electrons. The van der Waals surface area contributed by atoms with Crippen molar-refractivity contribution in [3.63, 3.8) is 0 Å². The summed E-state index contributed by atoms with van der Waals surface area (Å²) in [5.41, 5.74) is 0.346. The molecule has 158 valence electrons. The fourth-order valence-corrected chi connectivity index (χ4v) is 3.15. The molecule has 1 saturated heterocycles. The topological polar surface area (TPSA) is 171 Å². The molecule has 4 rings (SSSR count). The molecule has 1 fully saturated rings. The maximum absolute atomic E-state index is 10.2. The number of rotatable bonds is 3. The van der Waals surface area contributed by atoms with Crippen LogP contribution in [0.1, 0.15) is 0 Å². The Kier molecular flexibility index (Phi) is 5.00. The molecule has 7 N–H and O–H groups in total. The molecule has 0 bridgehead atoms. The largest absolute Gasteiger partial charge is 0.507 e. The first-order valence-corrected chi connectivity index (χ1v) is 8.92. The molecule has 0 amide bonds. The van der Waals surface area contributed by atoms with Gasteiger partial charge < -0.3 is 45.2 Å². The zero-order valence-corrected chi connectivity index (χ0v) is 15.3. The summed E-state index contributed by atoms with van der Waals surface area (Å²) in [5.74, 6) is -1.37. The first kappa shape index (κ1) is 20.0. The highest BCUT2D eigenvalue weighted by molar-refractivity contribution is 5.88. The highest BCUT2D eigenvalue weighted by Crippen LogP contribution is 2.41. The predicted molar refractivity (Wildman–Crippen MR) is 101 cm³/mol. The second-order valence-electron chi connectivity index (χ2n) is 6.89. The molecule has 30 heavy (non-hydrogen) atoms. The molecule has 0 spiro atoms. The molecule has 4 atom stereocenters.